The molecule has 0 radical (unpaired) electrons. The zero-order chi connectivity index (χ0) is 21.3. The van der Waals surface area contributed by atoms with E-state index >= 15 is 0 Å². The van der Waals surface area contributed by atoms with E-state index in [1.165, 1.54) is 49.5 Å². The van der Waals surface area contributed by atoms with Crippen LogP contribution in [0.1, 0.15) is 81.6 Å². The van der Waals surface area contributed by atoms with Crippen molar-refractivity contribution in [2.24, 2.45) is 7.05 Å². The number of fused-ring (bicyclic) bond motifs is 1. The molecule has 0 amide bonds. The third-order valence-corrected chi connectivity index (χ3v) is 6.89. The van der Waals surface area contributed by atoms with Gasteiger partial charge in [-0.1, -0.05) is 82.9 Å². The van der Waals surface area contributed by atoms with Gasteiger partial charge in [-0.3, -0.25) is 0 Å². The number of aromatic nitrogens is 1. The lowest BCUT2D eigenvalue weighted by Gasteiger charge is -2.08. The summed E-state index contributed by atoms with van der Waals surface area (Å²) in [5, 5.41) is 9.99. The van der Waals surface area contributed by atoms with Gasteiger partial charge in [0.25, 0.3) is 0 Å². The van der Waals surface area contributed by atoms with Gasteiger partial charge in [0, 0.05) is 24.5 Å². The fraction of sp³-hybridized carbons (Fsp3) is 0.591. The van der Waals surface area contributed by atoms with E-state index < -0.39 is 16.0 Å². The van der Waals surface area contributed by atoms with Gasteiger partial charge in [0.15, 0.2) is 0 Å². The molecule has 1 aromatic heterocycles. The summed E-state index contributed by atoms with van der Waals surface area (Å²) in [5.74, 6) is -1.25. The Bertz CT molecular complexity index is 903. The fourth-order valence-corrected chi connectivity index (χ4v) is 5.26. The molecule has 0 aliphatic carbocycles. The molecule has 6 nitrogen and oxygen atoms in total. The van der Waals surface area contributed by atoms with Crippen molar-refractivity contribution in [3.8, 4) is 0 Å². The van der Waals surface area contributed by atoms with Crippen molar-refractivity contribution in [1.82, 2.24) is 9.29 Å². The fourth-order valence-electron chi connectivity index (χ4n) is 3.76. The highest BCUT2D eigenvalue weighted by atomic mass is 32.2. The number of carbonyl (C=O) groups is 1. The molecule has 0 unspecified atom stereocenters. The first-order valence-corrected chi connectivity index (χ1v) is 12.2. The molecule has 0 saturated carbocycles. The molecule has 0 aliphatic rings. The molecule has 7 heteroatoms. The Morgan fingerprint density at radius 1 is 0.966 bits per heavy atom. The van der Waals surface area contributed by atoms with E-state index in [4.69, 9.17) is 0 Å². The van der Waals surface area contributed by atoms with E-state index in [0.29, 0.717) is 17.4 Å². The van der Waals surface area contributed by atoms with Gasteiger partial charge in [0.2, 0.25) is 10.0 Å². The first-order valence-electron chi connectivity index (χ1n) is 10.7. The van der Waals surface area contributed by atoms with Crippen molar-refractivity contribution in [3.63, 3.8) is 0 Å². The summed E-state index contributed by atoms with van der Waals surface area (Å²) in [6.07, 6.45) is 11.8. The normalized spacial score (nSPS) is 11.9. The summed E-state index contributed by atoms with van der Waals surface area (Å²) in [5.41, 5.74) is 0.381. The molecule has 2 aromatic rings. The highest BCUT2D eigenvalue weighted by molar-refractivity contribution is 7.89. The third-order valence-electron chi connectivity index (χ3n) is 5.35. The summed E-state index contributed by atoms with van der Waals surface area (Å²) in [4.78, 5) is 11.6. The summed E-state index contributed by atoms with van der Waals surface area (Å²) < 4.78 is 29.7. The minimum atomic E-state index is -3.90. The molecule has 0 aliphatic heterocycles. The second-order valence-corrected chi connectivity index (χ2v) is 9.34. The standard InChI is InChI=1S/C22H34N2O4S/c1-3-4-5-6-7-8-9-10-11-14-17-23-29(27,28)21-18-15-12-13-16-19(18)24(2)20(21)22(25)26/h12-13,15-16,23H,3-11,14,17H2,1-2H3,(H,25,26). The van der Waals surface area contributed by atoms with E-state index in [0.717, 1.165) is 19.3 Å². The second-order valence-electron chi connectivity index (χ2n) is 7.64. The Balaban J connectivity index is 1.86. The predicted octanol–water partition coefficient (Wildman–Crippen LogP) is 5.08. The topological polar surface area (TPSA) is 88.4 Å². The Morgan fingerprint density at radius 2 is 1.52 bits per heavy atom. The van der Waals surface area contributed by atoms with Crippen LogP contribution in [0.15, 0.2) is 29.2 Å². The number of carboxylic acid groups (broad SMARTS) is 1. The molecule has 0 bridgehead atoms. The first-order chi connectivity index (χ1) is 13.9. The van der Waals surface area contributed by atoms with E-state index in [1.54, 1.807) is 31.3 Å². The van der Waals surface area contributed by atoms with Gasteiger partial charge in [0.1, 0.15) is 10.6 Å². The second kappa shape index (κ2) is 11.4. The van der Waals surface area contributed by atoms with E-state index in [1.807, 2.05) is 0 Å². The summed E-state index contributed by atoms with van der Waals surface area (Å²) in [7, 11) is -2.33. The lowest BCUT2D eigenvalue weighted by Crippen LogP contribution is -2.26. The summed E-state index contributed by atoms with van der Waals surface area (Å²) in [6.45, 7) is 2.54. The highest BCUT2D eigenvalue weighted by Gasteiger charge is 2.29. The van der Waals surface area contributed by atoms with Gasteiger partial charge in [-0.25, -0.2) is 17.9 Å². The van der Waals surface area contributed by atoms with Crippen molar-refractivity contribution in [2.75, 3.05) is 6.54 Å². The number of sulfonamides is 1. The van der Waals surface area contributed by atoms with Gasteiger partial charge >= 0.3 is 5.97 Å². The van der Waals surface area contributed by atoms with Gasteiger partial charge in [-0.15, -0.1) is 0 Å². The number of unbranched alkanes of at least 4 members (excludes halogenated alkanes) is 9. The minimum absolute atomic E-state index is 0.143. The van der Waals surface area contributed by atoms with Crippen LogP contribution in [0, 0.1) is 0 Å². The number of nitrogens with zero attached hydrogens (tertiary/aromatic N) is 1. The van der Waals surface area contributed by atoms with Crippen LogP contribution in [0.25, 0.3) is 10.9 Å². The van der Waals surface area contributed by atoms with Crippen LogP contribution in [0.2, 0.25) is 0 Å². The number of carboxylic acids is 1. The number of nitrogens with one attached hydrogen (secondary N) is 1. The number of benzene rings is 1. The quantitative estimate of drug-likeness (QED) is 0.416. The molecular weight excluding hydrogens is 388 g/mol. The van der Waals surface area contributed by atoms with Gasteiger partial charge in [-0.2, -0.15) is 0 Å². The van der Waals surface area contributed by atoms with E-state index in [9.17, 15) is 18.3 Å². The van der Waals surface area contributed by atoms with Crippen molar-refractivity contribution >= 4 is 26.9 Å². The van der Waals surface area contributed by atoms with Crippen molar-refractivity contribution < 1.29 is 18.3 Å². The zero-order valence-corrected chi connectivity index (χ0v) is 18.4. The molecule has 1 heterocycles. The molecule has 0 fully saturated rings. The van der Waals surface area contributed by atoms with Gasteiger partial charge < -0.3 is 9.67 Å². The Morgan fingerprint density at radius 3 is 2.10 bits per heavy atom. The van der Waals surface area contributed by atoms with Crippen LogP contribution in [0.3, 0.4) is 0 Å². The maximum atomic E-state index is 12.9. The van der Waals surface area contributed by atoms with Crippen LogP contribution in [0.4, 0.5) is 0 Å². The molecule has 2 N–H and O–H groups in total. The van der Waals surface area contributed by atoms with E-state index in [2.05, 4.69) is 11.6 Å². The Kier molecular flexibility index (Phi) is 9.17. The zero-order valence-electron chi connectivity index (χ0n) is 17.6. The smallest absolute Gasteiger partial charge is 0.353 e. The van der Waals surface area contributed by atoms with Crippen LogP contribution >= 0.6 is 0 Å². The average molecular weight is 423 g/mol. The number of hydrogen-bond donors (Lipinski definition) is 2. The molecule has 0 atom stereocenters. The summed E-state index contributed by atoms with van der Waals surface area (Å²) >= 11 is 0. The monoisotopic (exact) mass is 422 g/mol. The number of rotatable bonds is 14. The number of para-hydroxylation sites is 1. The maximum absolute atomic E-state index is 12.9. The van der Waals surface area contributed by atoms with Crippen LogP contribution in [-0.4, -0.2) is 30.6 Å². The minimum Gasteiger partial charge on any atom is -0.477 e. The van der Waals surface area contributed by atoms with E-state index in [-0.39, 0.29) is 10.6 Å². The lowest BCUT2D eigenvalue weighted by atomic mass is 10.1. The first kappa shape index (κ1) is 23.4. The molecule has 0 saturated heterocycles. The van der Waals surface area contributed by atoms with Crippen molar-refractivity contribution in [3.05, 3.63) is 30.0 Å². The number of hydrogen-bond acceptors (Lipinski definition) is 3. The molecule has 2 rings (SSSR count). The molecule has 0 spiro atoms. The SMILES string of the molecule is CCCCCCCCCCCCNS(=O)(=O)c1c(C(=O)O)n(C)c2ccccc12. The number of aryl methyl sites for hydroxylation is 1. The predicted molar refractivity (Wildman–Crippen MR) is 117 cm³/mol. The van der Waals surface area contributed by atoms with Gasteiger partial charge in [-0.05, 0) is 12.5 Å². The van der Waals surface area contributed by atoms with Crippen molar-refractivity contribution in [1.29, 1.82) is 0 Å². The van der Waals surface area contributed by atoms with Crippen molar-refractivity contribution in [2.45, 2.75) is 76.0 Å². The Hall–Kier alpha value is -1.86. The largest absolute Gasteiger partial charge is 0.477 e. The molecule has 1 aromatic carbocycles. The summed E-state index contributed by atoms with van der Waals surface area (Å²) in [6, 6.07) is 6.86. The third kappa shape index (κ3) is 6.31. The Labute approximate surface area is 174 Å². The van der Waals surface area contributed by atoms with Crippen LogP contribution in [-0.2, 0) is 17.1 Å². The molecule has 29 heavy (non-hydrogen) atoms. The molecular formula is C22H34N2O4S. The molecule has 162 valence electrons. The number of aromatic carboxylic acids is 1. The highest BCUT2D eigenvalue weighted by Crippen LogP contribution is 2.29. The average Bonchev–Trinajstić information content (AvgIpc) is 3.00. The lowest BCUT2D eigenvalue weighted by molar-refractivity contribution is 0.0682. The van der Waals surface area contributed by atoms with Gasteiger partial charge in [0.05, 0.1) is 0 Å². The maximum Gasteiger partial charge on any atom is 0.353 e. The van der Waals surface area contributed by atoms with Crippen LogP contribution < -0.4 is 4.72 Å². The van der Waals surface area contributed by atoms with Crippen LogP contribution in [0.5, 0.6) is 0 Å².